The Bertz CT molecular complexity index is 1080. The Kier molecular flexibility index (Phi) is 4.72. The fourth-order valence-electron chi connectivity index (χ4n) is 2.76. The molecular weight excluding hydrogens is 366 g/mol. The van der Waals surface area contributed by atoms with E-state index in [1.807, 2.05) is 30.3 Å². The lowest BCUT2D eigenvalue weighted by molar-refractivity contribution is -0.118. The van der Waals surface area contributed by atoms with Gasteiger partial charge in [-0.05, 0) is 29.8 Å². The number of rotatable bonds is 5. The summed E-state index contributed by atoms with van der Waals surface area (Å²) in [5, 5.41) is 3.94. The molecule has 0 radical (unpaired) electrons. The van der Waals surface area contributed by atoms with Crippen LogP contribution in [0.3, 0.4) is 0 Å². The molecule has 0 fully saturated rings. The summed E-state index contributed by atoms with van der Waals surface area (Å²) < 4.78 is 12.1. The Balaban J connectivity index is 1.39. The Hall–Kier alpha value is -3.00. The van der Waals surface area contributed by atoms with Crippen molar-refractivity contribution in [2.75, 3.05) is 12.5 Å². The average molecular weight is 383 g/mol. The third-order valence-electron chi connectivity index (χ3n) is 4.20. The molecule has 0 atom stereocenters. The number of carbonyl (C=O) groups is 1. The van der Waals surface area contributed by atoms with Crippen LogP contribution in [-0.2, 0) is 18.4 Å². The fourth-order valence-corrected chi connectivity index (χ4v) is 3.56. The summed E-state index contributed by atoms with van der Waals surface area (Å²) in [5.41, 5.74) is 1.43. The SMILES string of the molecule is Cn1c(SCC(=O)NCc2ccc3c(c2)OCO3)nc2ccccc2c1=O. The number of hydrogen-bond acceptors (Lipinski definition) is 6. The van der Waals surface area contributed by atoms with Crippen molar-refractivity contribution >= 4 is 28.6 Å². The minimum Gasteiger partial charge on any atom is -0.454 e. The number of thioether (sulfide) groups is 1. The number of fused-ring (bicyclic) bond motifs is 2. The van der Waals surface area contributed by atoms with Crippen LogP contribution in [0.2, 0.25) is 0 Å². The fraction of sp³-hybridized carbons (Fsp3) is 0.211. The van der Waals surface area contributed by atoms with Crippen molar-refractivity contribution in [2.24, 2.45) is 7.05 Å². The van der Waals surface area contributed by atoms with Crippen molar-refractivity contribution in [3.8, 4) is 11.5 Å². The first-order chi connectivity index (χ1) is 13.1. The van der Waals surface area contributed by atoms with E-state index >= 15 is 0 Å². The lowest BCUT2D eigenvalue weighted by Crippen LogP contribution is -2.25. The molecule has 4 rings (SSSR count). The largest absolute Gasteiger partial charge is 0.454 e. The third-order valence-corrected chi connectivity index (χ3v) is 5.23. The van der Waals surface area contributed by atoms with E-state index in [1.54, 1.807) is 19.2 Å². The standard InChI is InChI=1S/C19H17N3O4S/c1-22-18(24)13-4-2-3-5-14(13)21-19(22)27-10-17(23)20-9-12-6-7-15-16(8-12)26-11-25-15/h2-8H,9-11H2,1H3,(H,20,23). The first-order valence-electron chi connectivity index (χ1n) is 8.35. The van der Waals surface area contributed by atoms with E-state index in [0.717, 1.165) is 5.56 Å². The van der Waals surface area contributed by atoms with E-state index in [4.69, 9.17) is 9.47 Å². The van der Waals surface area contributed by atoms with Gasteiger partial charge in [-0.15, -0.1) is 0 Å². The second kappa shape index (κ2) is 7.32. The molecule has 0 aliphatic carbocycles. The molecule has 138 valence electrons. The molecule has 2 aromatic carbocycles. The molecule has 1 amide bonds. The van der Waals surface area contributed by atoms with Crippen LogP contribution in [0, 0.1) is 0 Å². The predicted molar refractivity (Wildman–Crippen MR) is 102 cm³/mol. The number of benzene rings is 2. The van der Waals surface area contributed by atoms with Crippen molar-refractivity contribution in [1.82, 2.24) is 14.9 Å². The van der Waals surface area contributed by atoms with Crippen LogP contribution in [-0.4, -0.2) is 28.0 Å². The number of aromatic nitrogens is 2. The minimum absolute atomic E-state index is 0.121. The van der Waals surface area contributed by atoms with Gasteiger partial charge in [0.2, 0.25) is 12.7 Å². The third kappa shape index (κ3) is 3.61. The molecule has 8 heteroatoms. The summed E-state index contributed by atoms with van der Waals surface area (Å²) in [6, 6.07) is 12.7. The van der Waals surface area contributed by atoms with Gasteiger partial charge in [0.05, 0.1) is 16.7 Å². The maximum Gasteiger partial charge on any atom is 0.261 e. The summed E-state index contributed by atoms with van der Waals surface area (Å²) >= 11 is 1.23. The molecule has 0 spiro atoms. The van der Waals surface area contributed by atoms with Gasteiger partial charge in [-0.3, -0.25) is 14.2 Å². The first-order valence-corrected chi connectivity index (χ1v) is 9.34. The van der Waals surface area contributed by atoms with Crippen molar-refractivity contribution in [3.05, 3.63) is 58.4 Å². The molecular formula is C19H17N3O4S. The van der Waals surface area contributed by atoms with E-state index < -0.39 is 0 Å². The molecule has 1 aromatic heterocycles. The van der Waals surface area contributed by atoms with Crippen LogP contribution in [0.1, 0.15) is 5.56 Å². The van der Waals surface area contributed by atoms with Gasteiger partial charge >= 0.3 is 0 Å². The molecule has 7 nitrogen and oxygen atoms in total. The molecule has 0 saturated carbocycles. The van der Waals surface area contributed by atoms with Gasteiger partial charge in [0.15, 0.2) is 16.7 Å². The highest BCUT2D eigenvalue weighted by atomic mass is 32.2. The van der Waals surface area contributed by atoms with Crippen LogP contribution in [0.25, 0.3) is 10.9 Å². The molecule has 3 aromatic rings. The molecule has 1 N–H and O–H groups in total. The first kappa shape index (κ1) is 17.4. The Morgan fingerprint density at radius 2 is 2.04 bits per heavy atom. The zero-order valence-electron chi connectivity index (χ0n) is 14.6. The maximum absolute atomic E-state index is 12.4. The van der Waals surface area contributed by atoms with E-state index in [-0.39, 0.29) is 24.0 Å². The second-order valence-corrected chi connectivity index (χ2v) is 6.97. The Morgan fingerprint density at radius 3 is 2.93 bits per heavy atom. The number of hydrogen-bond donors (Lipinski definition) is 1. The van der Waals surface area contributed by atoms with Crippen LogP contribution in [0.15, 0.2) is 52.4 Å². The molecule has 0 bridgehead atoms. The second-order valence-electron chi connectivity index (χ2n) is 6.03. The van der Waals surface area contributed by atoms with Crippen molar-refractivity contribution in [2.45, 2.75) is 11.7 Å². The highest BCUT2D eigenvalue weighted by molar-refractivity contribution is 7.99. The molecule has 1 aliphatic rings. The highest BCUT2D eigenvalue weighted by Crippen LogP contribution is 2.32. The zero-order valence-corrected chi connectivity index (χ0v) is 15.4. The summed E-state index contributed by atoms with van der Waals surface area (Å²) in [6.07, 6.45) is 0. The van der Waals surface area contributed by atoms with Crippen molar-refractivity contribution < 1.29 is 14.3 Å². The summed E-state index contributed by atoms with van der Waals surface area (Å²) in [4.78, 5) is 29.0. The normalized spacial score (nSPS) is 12.3. The molecule has 0 unspecified atom stereocenters. The van der Waals surface area contributed by atoms with Gasteiger partial charge in [-0.25, -0.2) is 4.98 Å². The predicted octanol–water partition coefficient (Wildman–Crippen LogP) is 2.07. The zero-order chi connectivity index (χ0) is 18.8. The Labute approximate surface area is 159 Å². The monoisotopic (exact) mass is 383 g/mol. The molecule has 0 saturated heterocycles. The topological polar surface area (TPSA) is 82.5 Å². The van der Waals surface area contributed by atoms with Crippen LogP contribution in [0.4, 0.5) is 0 Å². The number of para-hydroxylation sites is 1. The number of nitrogens with zero attached hydrogens (tertiary/aromatic N) is 2. The molecule has 27 heavy (non-hydrogen) atoms. The van der Waals surface area contributed by atoms with Gasteiger partial charge in [0, 0.05) is 13.6 Å². The van der Waals surface area contributed by atoms with E-state index in [9.17, 15) is 9.59 Å². The van der Waals surface area contributed by atoms with Gasteiger partial charge < -0.3 is 14.8 Å². The van der Waals surface area contributed by atoms with Gasteiger partial charge in [-0.1, -0.05) is 30.0 Å². The summed E-state index contributed by atoms with van der Waals surface area (Å²) in [7, 11) is 1.66. The van der Waals surface area contributed by atoms with Crippen LogP contribution in [0.5, 0.6) is 11.5 Å². The summed E-state index contributed by atoms with van der Waals surface area (Å²) in [6.45, 7) is 0.610. The van der Waals surface area contributed by atoms with Gasteiger partial charge in [0.25, 0.3) is 5.56 Å². The number of ether oxygens (including phenoxy) is 2. The summed E-state index contributed by atoms with van der Waals surface area (Å²) in [5.74, 6) is 1.43. The smallest absolute Gasteiger partial charge is 0.261 e. The number of carbonyl (C=O) groups excluding carboxylic acids is 1. The number of nitrogens with one attached hydrogen (secondary N) is 1. The average Bonchev–Trinajstić information content (AvgIpc) is 3.16. The molecule has 2 heterocycles. The number of amides is 1. The van der Waals surface area contributed by atoms with E-state index in [1.165, 1.54) is 16.3 Å². The van der Waals surface area contributed by atoms with E-state index in [2.05, 4.69) is 10.3 Å². The highest BCUT2D eigenvalue weighted by Gasteiger charge is 2.14. The van der Waals surface area contributed by atoms with E-state index in [0.29, 0.717) is 34.1 Å². The lowest BCUT2D eigenvalue weighted by atomic mass is 10.2. The molecule has 1 aliphatic heterocycles. The Morgan fingerprint density at radius 1 is 1.22 bits per heavy atom. The van der Waals surface area contributed by atoms with Crippen LogP contribution >= 0.6 is 11.8 Å². The van der Waals surface area contributed by atoms with Crippen molar-refractivity contribution in [3.63, 3.8) is 0 Å². The maximum atomic E-state index is 12.4. The van der Waals surface area contributed by atoms with Gasteiger partial charge in [-0.2, -0.15) is 0 Å². The van der Waals surface area contributed by atoms with Crippen LogP contribution < -0.4 is 20.3 Å². The lowest BCUT2D eigenvalue weighted by Gasteiger charge is -2.09. The minimum atomic E-state index is -0.139. The van der Waals surface area contributed by atoms with Crippen molar-refractivity contribution in [1.29, 1.82) is 0 Å². The quantitative estimate of drug-likeness (QED) is 0.537. The van der Waals surface area contributed by atoms with Gasteiger partial charge in [0.1, 0.15) is 0 Å².